The van der Waals surface area contributed by atoms with E-state index in [1.807, 2.05) is 13.8 Å². The molecule has 0 amide bonds. The highest BCUT2D eigenvalue weighted by molar-refractivity contribution is 5.19. The lowest BCUT2D eigenvalue weighted by Crippen LogP contribution is -2.12. The van der Waals surface area contributed by atoms with Gasteiger partial charge in [-0.1, -0.05) is 5.16 Å². The molecule has 86 valence electrons. The Balaban J connectivity index is 2.15. The average molecular weight is 214 g/mol. The molecule has 0 fully saturated rings. The second-order valence-corrected chi connectivity index (χ2v) is 3.26. The van der Waals surface area contributed by atoms with Crippen LogP contribution < -0.4 is 5.73 Å². The van der Waals surface area contributed by atoms with Gasteiger partial charge in [0.15, 0.2) is 0 Å². The van der Waals surface area contributed by atoms with Gasteiger partial charge < -0.3 is 19.7 Å². The van der Waals surface area contributed by atoms with Gasteiger partial charge in [-0.05, 0) is 13.8 Å². The lowest BCUT2D eigenvalue weighted by atomic mass is 10.2. The van der Waals surface area contributed by atoms with E-state index < -0.39 is 0 Å². The predicted octanol–water partition coefficient (Wildman–Crippen LogP) is 0.783. The molecule has 5 heteroatoms. The van der Waals surface area contributed by atoms with E-state index in [1.165, 1.54) is 0 Å². The first kappa shape index (κ1) is 12.2. The van der Waals surface area contributed by atoms with E-state index in [-0.39, 0.29) is 0 Å². The fraction of sp³-hybridized carbons (Fsp3) is 0.700. The summed E-state index contributed by atoms with van der Waals surface area (Å²) in [5.74, 6) is 0.815. The highest BCUT2D eigenvalue weighted by Gasteiger charge is 2.08. The quantitative estimate of drug-likeness (QED) is 0.679. The number of hydrogen-bond donors (Lipinski definition) is 1. The van der Waals surface area contributed by atoms with Gasteiger partial charge in [0.05, 0.1) is 32.1 Å². The maximum absolute atomic E-state index is 5.42. The Bertz CT molecular complexity index is 267. The normalized spacial score (nSPS) is 10.9. The van der Waals surface area contributed by atoms with Gasteiger partial charge in [-0.15, -0.1) is 0 Å². The Kier molecular flexibility index (Phi) is 5.31. The van der Waals surface area contributed by atoms with E-state index in [9.17, 15) is 0 Å². The standard InChI is InChI=1S/C10H18N2O3/c1-8-10(9(2)15-12-8)7-14-6-5-13-4-3-11/h3-7,11H2,1-2H3. The third-order valence-electron chi connectivity index (χ3n) is 2.06. The maximum Gasteiger partial charge on any atom is 0.139 e. The van der Waals surface area contributed by atoms with Gasteiger partial charge in [0.2, 0.25) is 0 Å². The molecule has 0 saturated heterocycles. The molecule has 1 heterocycles. The Labute approximate surface area is 89.5 Å². The molecule has 5 nitrogen and oxygen atoms in total. The topological polar surface area (TPSA) is 70.5 Å². The highest BCUT2D eigenvalue weighted by Crippen LogP contribution is 2.12. The number of rotatable bonds is 7. The number of nitrogens with zero attached hydrogens (tertiary/aromatic N) is 1. The maximum atomic E-state index is 5.42. The Morgan fingerprint density at radius 3 is 2.53 bits per heavy atom. The Hall–Kier alpha value is -0.910. The zero-order valence-corrected chi connectivity index (χ0v) is 9.28. The number of aromatic nitrogens is 1. The molecule has 0 radical (unpaired) electrons. The van der Waals surface area contributed by atoms with Crippen molar-refractivity contribution in [1.29, 1.82) is 0 Å². The average Bonchev–Trinajstić information content (AvgIpc) is 2.54. The van der Waals surface area contributed by atoms with E-state index in [2.05, 4.69) is 5.16 Å². The van der Waals surface area contributed by atoms with Crippen molar-refractivity contribution in [3.8, 4) is 0 Å². The first-order valence-electron chi connectivity index (χ1n) is 5.03. The van der Waals surface area contributed by atoms with Crippen molar-refractivity contribution < 1.29 is 14.0 Å². The summed E-state index contributed by atoms with van der Waals surface area (Å²) in [5.41, 5.74) is 7.18. The molecule has 0 aliphatic heterocycles. The summed E-state index contributed by atoms with van der Waals surface area (Å²) in [4.78, 5) is 0. The summed E-state index contributed by atoms with van der Waals surface area (Å²) < 4.78 is 15.6. The van der Waals surface area contributed by atoms with Gasteiger partial charge in [-0.2, -0.15) is 0 Å². The van der Waals surface area contributed by atoms with Crippen molar-refractivity contribution >= 4 is 0 Å². The minimum absolute atomic E-state index is 0.521. The predicted molar refractivity (Wildman–Crippen MR) is 55.5 cm³/mol. The van der Waals surface area contributed by atoms with Crippen LogP contribution in [0.4, 0.5) is 0 Å². The molecule has 0 aliphatic rings. The SMILES string of the molecule is Cc1noc(C)c1COCCOCCN. The van der Waals surface area contributed by atoms with Gasteiger partial charge >= 0.3 is 0 Å². The molecule has 0 aliphatic carbocycles. The summed E-state index contributed by atoms with van der Waals surface area (Å²) in [6.07, 6.45) is 0. The van der Waals surface area contributed by atoms with Crippen LogP contribution in [0.2, 0.25) is 0 Å². The van der Waals surface area contributed by atoms with Crippen LogP contribution in [0.25, 0.3) is 0 Å². The van der Waals surface area contributed by atoms with Crippen LogP contribution in [0.3, 0.4) is 0 Å². The van der Waals surface area contributed by atoms with E-state index >= 15 is 0 Å². The van der Waals surface area contributed by atoms with Gasteiger partial charge in [0.1, 0.15) is 5.76 Å². The smallest absolute Gasteiger partial charge is 0.139 e. The molecule has 0 saturated carbocycles. The molecule has 0 aromatic carbocycles. The molecule has 0 spiro atoms. The molecular weight excluding hydrogens is 196 g/mol. The second-order valence-electron chi connectivity index (χ2n) is 3.26. The van der Waals surface area contributed by atoms with Crippen LogP contribution in [-0.2, 0) is 16.1 Å². The molecule has 0 unspecified atom stereocenters. The van der Waals surface area contributed by atoms with Crippen LogP contribution in [0.5, 0.6) is 0 Å². The van der Waals surface area contributed by atoms with E-state index in [4.69, 9.17) is 19.7 Å². The van der Waals surface area contributed by atoms with Gasteiger partial charge in [-0.25, -0.2) is 0 Å². The largest absolute Gasteiger partial charge is 0.378 e. The van der Waals surface area contributed by atoms with E-state index in [0.717, 1.165) is 17.0 Å². The second kappa shape index (κ2) is 6.55. The first-order chi connectivity index (χ1) is 7.25. The number of aryl methyl sites for hydroxylation is 2. The molecule has 1 rings (SSSR count). The molecule has 2 N–H and O–H groups in total. The molecule has 0 bridgehead atoms. The van der Waals surface area contributed by atoms with Crippen molar-refractivity contribution in [2.24, 2.45) is 5.73 Å². The third-order valence-corrected chi connectivity index (χ3v) is 2.06. The van der Waals surface area contributed by atoms with Crippen LogP contribution in [0.1, 0.15) is 17.0 Å². The molecule has 0 atom stereocenters. The van der Waals surface area contributed by atoms with Crippen LogP contribution in [-0.4, -0.2) is 31.5 Å². The van der Waals surface area contributed by atoms with Gasteiger partial charge in [0.25, 0.3) is 0 Å². The zero-order chi connectivity index (χ0) is 11.1. The van der Waals surface area contributed by atoms with Crippen molar-refractivity contribution in [3.63, 3.8) is 0 Å². The third kappa shape index (κ3) is 3.99. The lowest BCUT2D eigenvalue weighted by Gasteiger charge is -2.04. The summed E-state index contributed by atoms with van der Waals surface area (Å²) in [6, 6.07) is 0. The van der Waals surface area contributed by atoms with Crippen molar-refractivity contribution in [2.75, 3.05) is 26.4 Å². The summed E-state index contributed by atoms with van der Waals surface area (Å²) >= 11 is 0. The molecular formula is C10H18N2O3. The van der Waals surface area contributed by atoms with E-state index in [0.29, 0.717) is 33.0 Å². The minimum atomic E-state index is 0.521. The van der Waals surface area contributed by atoms with Crippen LogP contribution >= 0.6 is 0 Å². The Morgan fingerprint density at radius 2 is 1.93 bits per heavy atom. The monoisotopic (exact) mass is 214 g/mol. The minimum Gasteiger partial charge on any atom is -0.378 e. The summed E-state index contributed by atoms with van der Waals surface area (Å²) in [6.45, 7) is 6.56. The van der Waals surface area contributed by atoms with Crippen molar-refractivity contribution in [1.82, 2.24) is 5.16 Å². The summed E-state index contributed by atoms with van der Waals surface area (Å²) in [5, 5.41) is 3.84. The number of nitrogens with two attached hydrogens (primary N) is 1. The molecule has 1 aromatic rings. The van der Waals surface area contributed by atoms with Gasteiger partial charge in [0, 0.05) is 12.1 Å². The number of hydrogen-bond acceptors (Lipinski definition) is 5. The van der Waals surface area contributed by atoms with Crippen molar-refractivity contribution in [2.45, 2.75) is 20.5 Å². The molecule has 15 heavy (non-hydrogen) atoms. The van der Waals surface area contributed by atoms with Crippen LogP contribution in [0, 0.1) is 13.8 Å². The first-order valence-corrected chi connectivity index (χ1v) is 5.03. The highest BCUT2D eigenvalue weighted by atomic mass is 16.5. The number of ether oxygens (including phenoxy) is 2. The van der Waals surface area contributed by atoms with Crippen molar-refractivity contribution in [3.05, 3.63) is 17.0 Å². The van der Waals surface area contributed by atoms with Gasteiger partial charge in [-0.3, -0.25) is 0 Å². The Morgan fingerprint density at radius 1 is 1.20 bits per heavy atom. The fourth-order valence-corrected chi connectivity index (χ4v) is 1.19. The lowest BCUT2D eigenvalue weighted by molar-refractivity contribution is 0.0428. The van der Waals surface area contributed by atoms with E-state index in [1.54, 1.807) is 0 Å². The summed E-state index contributed by atoms with van der Waals surface area (Å²) in [7, 11) is 0. The fourth-order valence-electron chi connectivity index (χ4n) is 1.19. The zero-order valence-electron chi connectivity index (χ0n) is 9.28. The van der Waals surface area contributed by atoms with Crippen LogP contribution in [0.15, 0.2) is 4.52 Å². The molecule has 1 aromatic heterocycles.